The molecular weight excluding hydrogens is 275 g/mol. The van der Waals surface area contributed by atoms with Crippen LogP contribution in [0, 0.1) is 5.82 Å². The first-order valence-electron chi connectivity index (χ1n) is 5.51. The summed E-state index contributed by atoms with van der Waals surface area (Å²) >= 11 is 7.26. The number of fused-ring (bicyclic) bond motifs is 1. The van der Waals surface area contributed by atoms with Gasteiger partial charge in [-0.15, -0.1) is 0 Å². The summed E-state index contributed by atoms with van der Waals surface area (Å²) in [5.41, 5.74) is 1.94. The number of benzene rings is 1. The van der Waals surface area contributed by atoms with E-state index in [9.17, 15) is 4.39 Å². The Morgan fingerprint density at radius 1 is 1.50 bits per heavy atom. The Balaban J connectivity index is 2.02. The predicted molar refractivity (Wildman–Crippen MR) is 70.2 cm³/mol. The van der Waals surface area contributed by atoms with Gasteiger partial charge in [0.1, 0.15) is 11.0 Å². The molecule has 0 fully saturated rings. The van der Waals surface area contributed by atoms with E-state index >= 15 is 0 Å². The molecule has 0 atom stereocenters. The smallest absolute Gasteiger partial charge is 0.191 e. The molecule has 94 valence electrons. The Morgan fingerprint density at radius 3 is 3.06 bits per heavy atom. The average Bonchev–Trinajstić information content (AvgIpc) is 2.91. The van der Waals surface area contributed by atoms with Crippen LogP contribution in [0.2, 0.25) is 5.15 Å². The number of hydrogen-bond acceptors (Lipinski definition) is 4. The summed E-state index contributed by atoms with van der Waals surface area (Å²) in [5, 5.41) is 10.1. The predicted octanol–water partition coefficient (Wildman–Crippen LogP) is 3.12. The van der Waals surface area contributed by atoms with E-state index in [1.807, 2.05) is 4.90 Å². The van der Waals surface area contributed by atoms with Gasteiger partial charge in [-0.25, -0.2) is 9.37 Å². The van der Waals surface area contributed by atoms with Gasteiger partial charge in [-0.1, -0.05) is 29.0 Å². The van der Waals surface area contributed by atoms with Crippen LogP contribution in [0.25, 0.3) is 0 Å². The molecule has 1 aliphatic rings. The molecule has 3 rings (SSSR count). The standard InChI is InChI=1S/C12H10ClFN2OS/c13-11-10(6-17)18-12(15-11)16-4-3-7-1-2-8(14)5-9(7)16/h1-2,5,17H,3-4,6H2. The lowest BCUT2D eigenvalue weighted by molar-refractivity contribution is 0.285. The van der Waals surface area contributed by atoms with Crippen molar-refractivity contribution in [1.29, 1.82) is 0 Å². The minimum absolute atomic E-state index is 0.125. The summed E-state index contributed by atoms with van der Waals surface area (Å²) in [6, 6.07) is 4.78. The lowest BCUT2D eigenvalue weighted by Crippen LogP contribution is -2.12. The van der Waals surface area contributed by atoms with Crippen molar-refractivity contribution >= 4 is 33.8 Å². The van der Waals surface area contributed by atoms with Gasteiger partial charge in [-0.2, -0.15) is 0 Å². The zero-order valence-electron chi connectivity index (χ0n) is 9.36. The van der Waals surface area contributed by atoms with Gasteiger partial charge in [-0.05, 0) is 24.1 Å². The maximum absolute atomic E-state index is 13.3. The monoisotopic (exact) mass is 284 g/mol. The van der Waals surface area contributed by atoms with Crippen LogP contribution in [0.1, 0.15) is 10.4 Å². The number of halogens is 2. The summed E-state index contributed by atoms with van der Waals surface area (Å²) in [6.07, 6.45) is 0.862. The molecule has 0 saturated carbocycles. The van der Waals surface area contributed by atoms with Crippen molar-refractivity contribution in [1.82, 2.24) is 4.98 Å². The molecule has 6 heteroatoms. The number of aliphatic hydroxyl groups excluding tert-OH is 1. The van der Waals surface area contributed by atoms with Crippen LogP contribution in [-0.4, -0.2) is 16.6 Å². The number of nitrogens with zero attached hydrogens (tertiary/aromatic N) is 2. The molecule has 2 heterocycles. The summed E-state index contributed by atoms with van der Waals surface area (Å²) in [5.74, 6) is -0.259. The second-order valence-electron chi connectivity index (χ2n) is 4.04. The van der Waals surface area contributed by atoms with E-state index in [4.69, 9.17) is 16.7 Å². The maximum Gasteiger partial charge on any atom is 0.191 e. The van der Waals surface area contributed by atoms with Crippen molar-refractivity contribution in [2.45, 2.75) is 13.0 Å². The minimum Gasteiger partial charge on any atom is -0.391 e. The average molecular weight is 285 g/mol. The van der Waals surface area contributed by atoms with Gasteiger partial charge in [-0.3, -0.25) is 0 Å². The summed E-state index contributed by atoms with van der Waals surface area (Å²) in [7, 11) is 0. The van der Waals surface area contributed by atoms with Crippen molar-refractivity contribution < 1.29 is 9.50 Å². The van der Waals surface area contributed by atoms with Crippen LogP contribution in [-0.2, 0) is 13.0 Å². The topological polar surface area (TPSA) is 36.4 Å². The largest absolute Gasteiger partial charge is 0.391 e. The van der Waals surface area contributed by atoms with E-state index < -0.39 is 0 Å². The number of thiazole rings is 1. The zero-order valence-corrected chi connectivity index (χ0v) is 10.9. The molecule has 0 amide bonds. The number of aromatic nitrogens is 1. The van der Waals surface area contributed by atoms with Crippen LogP contribution in [0.4, 0.5) is 15.2 Å². The van der Waals surface area contributed by atoms with Crippen molar-refractivity contribution in [3.63, 3.8) is 0 Å². The first-order valence-corrected chi connectivity index (χ1v) is 6.70. The molecule has 1 N–H and O–H groups in total. The Kier molecular flexibility index (Phi) is 2.97. The zero-order chi connectivity index (χ0) is 12.7. The van der Waals surface area contributed by atoms with Crippen LogP contribution < -0.4 is 4.90 Å². The molecule has 3 nitrogen and oxygen atoms in total. The van der Waals surface area contributed by atoms with Crippen LogP contribution >= 0.6 is 22.9 Å². The SMILES string of the molecule is OCc1sc(N2CCc3ccc(F)cc32)nc1Cl. The first-order chi connectivity index (χ1) is 8.69. The highest BCUT2D eigenvalue weighted by Crippen LogP contribution is 2.39. The molecule has 0 saturated heterocycles. The van der Waals surface area contributed by atoms with Gasteiger partial charge in [0, 0.05) is 12.2 Å². The van der Waals surface area contributed by atoms with E-state index in [1.54, 1.807) is 6.07 Å². The van der Waals surface area contributed by atoms with E-state index in [0.717, 1.165) is 24.2 Å². The van der Waals surface area contributed by atoms with Crippen LogP contribution in [0.3, 0.4) is 0 Å². The fraction of sp³-hybridized carbons (Fsp3) is 0.250. The molecule has 18 heavy (non-hydrogen) atoms. The fourth-order valence-corrected chi connectivity index (χ4v) is 3.24. The Hall–Kier alpha value is -1.17. The Morgan fingerprint density at radius 2 is 2.33 bits per heavy atom. The van der Waals surface area contributed by atoms with Gasteiger partial charge >= 0.3 is 0 Å². The third-order valence-corrected chi connectivity index (χ3v) is 4.44. The molecule has 1 aromatic carbocycles. The minimum atomic E-state index is -0.259. The maximum atomic E-state index is 13.3. The van der Waals surface area contributed by atoms with Gasteiger partial charge in [0.05, 0.1) is 11.5 Å². The quantitative estimate of drug-likeness (QED) is 0.920. The highest BCUT2D eigenvalue weighted by Gasteiger charge is 2.24. The van der Waals surface area contributed by atoms with Gasteiger partial charge in [0.15, 0.2) is 5.13 Å². The normalized spacial score (nSPS) is 14.1. The Bertz CT molecular complexity index is 602. The third-order valence-electron chi connectivity index (χ3n) is 2.96. The van der Waals surface area contributed by atoms with E-state index in [1.165, 1.54) is 23.5 Å². The lowest BCUT2D eigenvalue weighted by atomic mass is 10.2. The van der Waals surface area contributed by atoms with Crippen molar-refractivity contribution in [2.75, 3.05) is 11.4 Å². The Labute approximate surface area is 112 Å². The summed E-state index contributed by atoms with van der Waals surface area (Å²) in [4.78, 5) is 6.79. The molecule has 0 bridgehead atoms. The molecule has 0 radical (unpaired) electrons. The van der Waals surface area contributed by atoms with Gasteiger partial charge in [0.2, 0.25) is 0 Å². The molecule has 0 spiro atoms. The highest BCUT2D eigenvalue weighted by molar-refractivity contribution is 7.16. The fourth-order valence-electron chi connectivity index (χ4n) is 2.09. The van der Waals surface area contributed by atoms with Gasteiger partial charge < -0.3 is 10.0 Å². The molecule has 0 unspecified atom stereocenters. The first kappa shape index (κ1) is 11.9. The lowest BCUT2D eigenvalue weighted by Gasteiger charge is -2.15. The van der Waals surface area contributed by atoms with Crippen molar-refractivity contribution in [3.8, 4) is 0 Å². The molecule has 2 aromatic rings. The van der Waals surface area contributed by atoms with E-state index in [-0.39, 0.29) is 12.4 Å². The molecule has 0 aliphatic carbocycles. The van der Waals surface area contributed by atoms with Crippen molar-refractivity contribution in [2.24, 2.45) is 0 Å². The number of rotatable bonds is 2. The van der Waals surface area contributed by atoms with Crippen LogP contribution in [0.5, 0.6) is 0 Å². The number of hydrogen-bond donors (Lipinski definition) is 1. The highest BCUT2D eigenvalue weighted by atomic mass is 35.5. The second kappa shape index (κ2) is 4.50. The molecule has 1 aromatic heterocycles. The van der Waals surface area contributed by atoms with E-state index in [2.05, 4.69) is 4.98 Å². The number of anilines is 2. The van der Waals surface area contributed by atoms with Crippen LogP contribution in [0.15, 0.2) is 18.2 Å². The summed E-state index contributed by atoms with van der Waals surface area (Å²) < 4.78 is 13.3. The number of aliphatic hydroxyl groups is 1. The van der Waals surface area contributed by atoms with Gasteiger partial charge in [0.25, 0.3) is 0 Å². The van der Waals surface area contributed by atoms with Crippen molar-refractivity contribution in [3.05, 3.63) is 39.6 Å². The summed E-state index contributed by atoms with van der Waals surface area (Å²) in [6.45, 7) is 0.633. The molecular formula is C12H10ClFN2OS. The van der Waals surface area contributed by atoms with E-state index in [0.29, 0.717) is 15.2 Å². The third kappa shape index (κ3) is 1.88. The molecule has 1 aliphatic heterocycles. The second-order valence-corrected chi connectivity index (χ2v) is 5.46.